The molecule has 1 fully saturated rings. The Kier molecular flexibility index (Phi) is 3.66. The first-order chi connectivity index (χ1) is 9.78. The molecule has 1 aliphatic rings. The monoisotopic (exact) mass is 278 g/mol. The van der Waals surface area contributed by atoms with Gasteiger partial charge in [0.25, 0.3) is 0 Å². The summed E-state index contributed by atoms with van der Waals surface area (Å²) in [6, 6.07) is 3.97. The Morgan fingerprint density at radius 2 is 2.40 bits per heavy atom. The van der Waals surface area contributed by atoms with Gasteiger partial charge in [0, 0.05) is 19.1 Å². The van der Waals surface area contributed by atoms with Crippen LogP contribution < -0.4 is 15.9 Å². The van der Waals surface area contributed by atoms with E-state index in [1.807, 2.05) is 11.0 Å². The minimum absolute atomic E-state index is 0.0483. The molecular weight excluding hydrogens is 260 g/mol. The van der Waals surface area contributed by atoms with Gasteiger partial charge in [-0.1, -0.05) is 0 Å². The maximum absolute atomic E-state index is 11.6. The minimum atomic E-state index is -0.357. The zero-order valence-electron chi connectivity index (χ0n) is 11.1. The fourth-order valence-electron chi connectivity index (χ4n) is 2.56. The summed E-state index contributed by atoms with van der Waals surface area (Å²) in [6.45, 7) is 2.34. The molecule has 8 heteroatoms. The van der Waals surface area contributed by atoms with Crippen molar-refractivity contribution < 1.29 is 5.11 Å². The molecule has 2 aromatic rings. The molecule has 1 atom stereocenters. The van der Waals surface area contributed by atoms with E-state index in [-0.39, 0.29) is 12.3 Å². The highest BCUT2D eigenvalue weighted by molar-refractivity contribution is 5.45. The number of aliphatic hydroxyl groups is 1. The molecule has 0 bridgehead atoms. The number of aromatic nitrogens is 4. The summed E-state index contributed by atoms with van der Waals surface area (Å²) in [6.07, 6.45) is 2.29. The van der Waals surface area contributed by atoms with Crippen LogP contribution >= 0.6 is 0 Å². The van der Waals surface area contributed by atoms with Gasteiger partial charge in [0.2, 0.25) is 0 Å². The number of hydrogen-bond donors (Lipinski definition) is 3. The summed E-state index contributed by atoms with van der Waals surface area (Å²) in [5, 5.41) is 23.1. The number of fused-ring (bicyclic) bond motifs is 1. The van der Waals surface area contributed by atoms with Crippen LogP contribution in [0.5, 0.6) is 0 Å². The van der Waals surface area contributed by atoms with E-state index in [4.69, 9.17) is 0 Å². The zero-order valence-corrected chi connectivity index (χ0v) is 11.1. The molecule has 0 radical (unpaired) electrons. The van der Waals surface area contributed by atoms with E-state index < -0.39 is 0 Å². The first-order valence-electron chi connectivity index (χ1n) is 6.81. The fraction of sp³-hybridized carbons (Fsp3) is 0.583. The van der Waals surface area contributed by atoms with Crippen LogP contribution in [0.1, 0.15) is 12.8 Å². The lowest BCUT2D eigenvalue weighted by Crippen LogP contribution is -2.39. The lowest BCUT2D eigenvalue weighted by atomic mass is 10.2. The molecule has 108 valence electrons. The fourth-order valence-corrected chi connectivity index (χ4v) is 2.56. The van der Waals surface area contributed by atoms with Crippen LogP contribution in [0.2, 0.25) is 0 Å². The number of aromatic amines is 1. The van der Waals surface area contributed by atoms with Crippen molar-refractivity contribution in [1.82, 2.24) is 25.1 Å². The van der Waals surface area contributed by atoms with Crippen molar-refractivity contribution in [3.8, 4) is 0 Å². The van der Waals surface area contributed by atoms with Gasteiger partial charge in [-0.3, -0.25) is 0 Å². The highest BCUT2D eigenvalue weighted by Crippen LogP contribution is 2.14. The average Bonchev–Trinajstić information content (AvgIpc) is 3.09. The Balaban J connectivity index is 1.87. The average molecular weight is 278 g/mol. The molecule has 0 amide bonds. The second-order valence-electron chi connectivity index (χ2n) is 4.95. The number of aliphatic hydroxyl groups excluding tert-OH is 1. The summed E-state index contributed by atoms with van der Waals surface area (Å²) >= 11 is 0. The van der Waals surface area contributed by atoms with Crippen molar-refractivity contribution in [2.45, 2.75) is 18.9 Å². The maximum atomic E-state index is 11.6. The molecule has 1 saturated heterocycles. The van der Waals surface area contributed by atoms with Crippen molar-refractivity contribution in [3.05, 3.63) is 22.6 Å². The van der Waals surface area contributed by atoms with E-state index >= 15 is 0 Å². The number of nitrogens with one attached hydrogen (secondary N) is 2. The van der Waals surface area contributed by atoms with E-state index in [1.54, 1.807) is 6.07 Å². The molecule has 0 saturated carbocycles. The van der Waals surface area contributed by atoms with Crippen LogP contribution in [0.25, 0.3) is 5.65 Å². The normalized spacial score (nSPS) is 18.8. The SMILES string of the molecule is O=c1[nH]nc2ccc(N(CCO)CC3CCCN3)nn12. The maximum Gasteiger partial charge on any atom is 0.364 e. The lowest BCUT2D eigenvalue weighted by Gasteiger charge is -2.25. The summed E-state index contributed by atoms with van der Waals surface area (Å²) < 4.78 is 1.24. The van der Waals surface area contributed by atoms with Crippen molar-refractivity contribution >= 4 is 11.5 Å². The summed E-state index contributed by atoms with van der Waals surface area (Å²) in [5.74, 6) is 0.670. The van der Waals surface area contributed by atoms with E-state index in [9.17, 15) is 9.90 Å². The number of H-pyrrole nitrogens is 1. The molecule has 1 aliphatic heterocycles. The molecule has 3 rings (SSSR count). The summed E-state index contributed by atoms with van der Waals surface area (Å²) in [5.41, 5.74) is 0.131. The van der Waals surface area contributed by atoms with Gasteiger partial charge >= 0.3 is 5.69 Å². The molecule has 0 aromatic carbocycles. The van der Waals surface area contributed by atoms with Crippen molar-refractivity contribution in [2.24, 2.45) is 0 Å². The molecule has 1 unspecified atom stereocenters. The smallest absolute Gasteiger partial charge is 0.364 e. The third kappa shape index (κ3) is 2.52. The van der Waals surface area contributed by atoms with Gasteiger partial charge in [-0.05, 0) is 31.5 Å². The van der Waals surface area contributed by atoms with Gasteiger partial charge in [0.15, 0.2) is 5.65 Å². The molecule has 3 N–H and O–H groups in total. The van der Waals surface area contributed by atoms with Gasteiger partial charge in [-0.15, -0.1) is 5.10 Å². The predicted octanol–water partition coefficient (Wildman–Crippen LogP) is -1.03. The van der Waals surface area contributed by atoms with E-state index in [0.29, 0.717) is 24.1 Å². The topological polar surface area (TPSA) is 98.5 Å². The van der Waals surface area contributed by atoms with Crippen LogP contribution in [-0.4, -0.2) is 57.2 Å². The highest BCUT2D eigenvalue weighted by Gasteiger charge is 2.19. The van der Waals surface area contributed by atoms with E-state index in [1.165, 1.54) is 10.9 Å². The van der Waals surface area contributed by atoms with Gasteiger partial charge in [-0.25, -0.2) is 9.89 Å². The quantitative estimate of drug-likeness (QED) is 0.647. The molecule has 0 aliphatic carbocycles. The van der Waals surface area contributed by atoms with E-state index in [0.717, 1.165) is 19.5 Å². The van der Waals surface area contributed by atoms with Crippen molar-refractivity contribution in [2.75, 3.05) is 31.1 Å². The third-order valence-electron chi connectivity index (χ3n) is 3.56. The van der Waals surface area contributed by atoms with Crippen LogP contribution in [0, 0.1) is 0 Å². The Morgan fingerprint density at radius 3 is 3.15 bits per heavy atom. The number of rotatable bonds is 5. The summed E-state index contributed by atoms with van der Waals surface area (Å²) in [4.78, 5) is 13.5. The Bertz CT molecular complexity index is 630. The van der Waals surface area contributed by atoms with Crippen LogP contribution in [-0.2, 0) is 0 Å². The highest BCUT2D eigenvalue weighted by atomic mass is 16.3. The second kappa shape index (κ2) is 5.59. The molecule has 20 heavy (non-hydrogen) atoms. The molecule has 3 heterocycles. The van der Waals surface area contributed by atoms with Crippen LogP contribution in [0.15, 0.2) is 16.9 Å². The molecule has 8 nitrogen and oxygen atoms in total. The first kappa shape index (κ1) is 13.1. The third-order valence-corrected chi connectivity index (χ3v) is 3.56. The number of hydrogen-bond acceptors (Lipinski definition) is 6. The lowest BCUT2D eigenvalue weighted by molar-refractivity contribution is 0.300. The second-order valence-corrected chi connectivity index (χ2v) is 4.95. The number of nitrogens with zero attached hydrogens (tertiary/aromatic N) is 4. The predicted molar refractivity (Wildman–Crippen MR) is 73.9 cm³/mol. The van der Waals surface area contributed by atoms with Gasteiger partial charge in [0.05, 0.1) is 6.61 Å². The largest absolute Gasteiger partial charge is 0.395 e. The van der Waals surface area contributed by atoms with Crippen LogP contribution in [0.4, 0.5) is 5.82 Å². The Hall–Kier alpha value is -1.93. The Labute approximate surface area is 115 Å². The van der Waals surface area contributed by atoms with Gasteiger partial charge in [-0.2, -0.15) is 9.61 Å². The van der Waals surface area contributed by atoms with Gasteiger partial charge < -0.3 is 15.3 Å². The van der Waals surface area contributed by atoms with Gasteiger partial charge in [0.1, 0.15) is 5.82 Å². The standard InChI is InChI=1S/C12H18N6O2/c19-7-6-17(8-9-2-1-5-13-9)11-4-3-10-14-15-12(20)18(10)16-11/h3-4,9,13,19H,1-2,5-8H2,(H,15,20). The Morgan fingerprint density at radius 1 is 1.50 bits per heavy atom. The molecular formula is C12H18N6O2. The number of anilines is 1. The van der Waals surface area contributed by atoms with Crippen molar-refractivity contribution in [3.63, 3.8) is 0 Å². The summed E-state index contributed by atoms with van der Waals surface area (Å²) in [7, 11) is 0. The van der Waals surface area contributed by atoms with E-state index in [2.05, 4.69) is 20.6 Å². The van der Waals surface area contributed by atoms with Crippen molar-refractivity contribution in [1.29, 1.82) is 0 Å². The minimum Gasteiger partial charge on any atom is -0.395 e. The zero-order chi connectivity index (χ0) is 13.9. The molecule has 0 spiro atoms. The van der Waals surface area contributed by atoms with Crippen LogP contribution in [0.3, 0.4) is 0 Å². The molecule has 2 aromatic heterocycles. The first-order valence-corrected chi connectivity index (χ1v) is 6.81.